The summed E-state index contributed by atoms with van der Waals surface area (Å²) in [6.45, 7) is 8.33. The van der Waals surface area contributed by atoms with Crippen molar-refractivity contribution in [1.82, 2.24) is 0 Å². The Morgan fingerprint density at radius 2 is 1.70 bits per heavy atom. The Labute approximate surface area is 142 Å². The first kappa shape index (κ1) is 17.1. The van der Waals surface area contributed by atoms with Crippen LogP contribution in [0.25, 0.3) is 10.5 Å². The summed E-state index contributed by atoms with van der Waals surface area (Å²) >= 11 is 4.55. The molecule has 2 aromatic rings. The van der Waals surface area contributed by atoms with Crippen molar-refractivity contribution in [2.24, 2.45) is 0 Å². The van der Waals surface area contributed by atoms with Crippen LogP contribution in [0.3, 0.4) is 0 Å². The molecule has 0 atom stereocenters. The summed E-state index contributed by atoms with van der Waals surface area (Å²) in [5.41, 5.74) is 4.04. The van der Waals surface area contributed by atoms with Crippen LogP contribution in [0, 0.1) is 0 Å². The van der Waals surface area contributed by atoms with Gasteiger partial charge in [-0.1, -0.05) is 56.8 Å². The van der Waals surface area contributed by atoms with Gasteiger partial charge in [-0.25, -0.2) is 4.79 Å². The predicted molar refractivity (Wildman–Crippen MR) is 99.9 cm³/mol. The molecular formula is C20H20O2S. The highest BCUT2D eigenvalue weighted by Crippen LogP contribution is 2.26. The van der Waals surface area contributed by atoms with E-state index in [1.165, 1.54) is 5.56 Å². The topological polar surface area (TPSA) is 37.3 Å². The molecule has 23 heavy (non-hydrogen) atoms. The zero-order valence-electron chi connectivity index (χ0n) is 13.3. The van der Waals surface area contributed by atoms with Gasteiger partial charge in [-0.05, 0) is 46.4 Å². The molecule has 0 bridgehead atoms. The fraction of sp³-hybridized carbons (Fsp3) is 0.150. The summed E-state index contributed by atoms with van der Waals surface area (Å²) in [6, 6.07) is 15.0. The highest BCUT2D eigenvalue weighted by molar-refractivity contribution is 7.90. The molecule has 2 aromatic carbocycles. The first-order valence-electron chi connectivity index (χ1n) is 7.42. The summed E-state index contributed by atoms with van der Waals surface area (Å²) in [6.07, 6.45) is 1.86. The van der Waals surface area contributed by atoms with Crippen LogP contribution in [0.4, 0.5) is 0 Å². The van der Waals surface area contributed by atoms with E-state index in [0.717, 1.165) is 21.6 Å². The lowest BCUT2D eigenvalue weighted by molar-refractivity contribution is 0.0697. The highest BCUT2D eigenvalue weighted by Gasteiger charge is 2.06. The molecule has 0 unspecified atom stereocenters. The van der Waals surface area contributed by atoms with E-state index in [1.54, 1.807) is 18.2 Å². The number of aromatic carboxylic acids is 1. The molecule has 0 aromatic heterocycles. The molecule has 0 radical (unpaired) electrons. The number of rotatable bonds is 5. The first-order chi connectivity index (χ1) is 10.9. The van der Waals surface area contributed by atoms with E-state index in [9.17, 15) is 4.79 Å². The predicted octanol–water partition coefficient (Wildman–Crippen LogP) is 5.49. The van der Waals surface area contributed by atoms with Crippen LogP contribution < -0.4 is 0 Å². The van der Waals surface area contributed by atoms with Crippen molar-refractivity contribution in [1.29, 1.82) is 0 Å². The minimum absolute atomic E-state index is 0.249. The number of hydrogen-bond donors (Lipinski definition) is 2. The minimum Gasteiger partial charge on any atom is -0.478 e. The van der Waals surface area contributed by atoms with Gasteiger partial charge in [-0.15, -0.1) is 12.6 Å². The molecule has 3 heteroatoms. The van der Waals surface area contributed by atoms with Gasteiger partial charge in [-0.3, -0.25) is 0 Å². The van der Waals surface area contributed by atoms with Gasteiger partial charge in [0.2, 0.25) is 0 Å². The van der Waals surface area contributed by atoms with Gasteiger partial charge >= 0.3 is 5.97 Å². The average molecular weight is 324 g/mol. The minimum atomic E-state index is -0.945. The van der Waals surface area contributed by atoms with Crippen molar-refractivity contribution in [3.63, 3.8) is 0 Å². The fourth-order valence-corrected chi connectivity index (χ4v) is 2.53. The number of carboxylic acids is 1. The zero-order chi connectivity index (χ0) is 17.0. The van der Waals surface area contributed by atoms with Gasteiger partial charge < -0.3 is 5.11 Å². The van der Waals surface area contributed by atoms with Crippen molar-refractivity contribution in [3.8, 4) is 0 Å². The number of hydrogen-bond acceptors (Lipinski definition) is 2. The van der Waals surface area contributed by atoms with Crippen LogP contribution in [-0.4, -0.2) is 11.1 Å². The second-order valence-electron chi connectivity index (χ2n) is 5.72. The maximum absolute atomic E-state index is 11.0. The standard InChI is InChI=1S/C20H20O2S/c1-13(2)15-7-9-16(10-8-15)19(23)11-14(3)17-5-4-6-18(12-17)20(21)22/h4-13,23H,3H2,1-2H3,(H,21,22)/b19-11-. The summed E-state index contributed by atoms with van der Waals surface area (Å²) in [5, 5.41) is 9.06. The molecule has 0 amide bonds. The average Bonchev–Trinajstić information content (AvgIpc) is 2.54. The molecule has 0 fully saturated rings. The number of benzene rings is 2. The van der Waals surface area contributed by atoms with Crippen LogP contribution in [0.5, 0.6) is 0 Å². The lowest BCUT2D eigenvalue weighted by Gasteiger charge is -2.08. The third-order valence-electron chi connectivity index (χ3n) is 3.66. The molecule has 0 saturated heterocycles. The van der Waals surface area contributed by atoms with Crippen LogP contribution in [0.1, 0.15) is 46.8 Å². The highest BCUT2D eigenvalue weighted by atomic mass is 32.1. The largest absolute Gasteiger partial charge is 0.478 e. The summed E-state index contributed by atoms with van der Waals surface area (Å²) < 4.78 is 0. The maximum Gasteiger partial charge on any atom is 0.335 e. The molecule has 0 spiro atoms. The molecular weight excluding hydrogens is 304 g/mol. The number of thiol groups is 1. The van der Waals surface area contributed by atoms with Crippen LogP contribution >= 0.6 is 12.6 Å². The van der Waals surface area contributed by atoms with E-state index in [-0.39, 0.29) is 5.56 Å². The Hall–Kier alpha value is -2.26. The number of carboxylic acid groups (broad SMARTS) is 1. The van der Waals surface area contributed by atoms with Crippen LogP contribution in [0.2, 0.25) is 0 Å². The van der Waals surface area contributed by atoms with Crippen molar-refractivity contribution >= 4 is 29.1 Å². The molecule has 118 valence electrons. The SMILES string of the molecule is C=C(/C=C(\S)c1ccc(C(C)C)cc1)c1cccc(C(=O)O)c1. The Kier molecular flexibility index (Phi) is 5.45. The second-order valence-corrected chi connectivity index (χ2v) is 6.20. The Balaban J connectivity index is 2.24. The van der Waals surface area contributed by atoms with Gasteiger partial charge in [0.15, 0.2) is 0 Å². The van der Waals surface area contributed by atoms with E-state index in [4.69, 9.17) is 5.11 Å². The van der Waals surface area contributed by atoms with Gasteiger partial charge in [0, 0.05) is 4.91 Å². The van der Waals surface area contributed by atoms with Crippen LogP contribution in [0.15, 0.2) is 61.2 Å². The summed E-state index contributed by atoms with van der Waals surface area (Å²) in [7, 11) is 0. The molecule has 2 rings (SSSR count). The summed E-state index contributed by atoms with van der Waals surface area (Å²) in [5.74, 6) is -0.455. The number of allylic oxidation sites excluding steroid dienone is 2. The normalized spacial score (nSPS) is 11.6. The Morgan fingerprint density at radius 3 is 2.26 bits per heavy atom. The quantitative estimate of drug-likeness (QED) is 0.563. The van der Waals surface area contributed by atoms with E-state index in [2.05, 4.69) is 45.2 Å². The molecule has 1 N–H and O–H groups in total. The van der Waals surface area contributed by atoms with E-state index >= 15 is 0 Å². The molecule has 0 saturated carbocycles. The maximum atomic E-state index is 11.0. The number of carbonyl (C=O) groups is 1. The lowest BCUT2D eigenvalue weighted by atomic mass is 10.0. The van der Waals surface area contributed by atoms with Gasteiger partial charge in [0.05, 0.1) is 5.56 Å². The van der Waals surface area contributed by atoms with Gasteiger partial charge in [0.25, 0.3) is 0 Å². The van der Waals surface area contributed by atoms with E-state index < -0.39 is 5.97 Å². The Bertz CT molecular complexity index is 755. The first-order valence-corrected chi connectivity index (χ1v) is 7.87. The van der Waals surface area contributed by atoms with Crippen LogP contribution in [-0.2, 0) is 0 Å². The van der Waals surface area contributed by atoms with Crippen molar-refractivity contribution < 1.29 is 9.90 Å². The lowest BCUT2D eigenvalue weighted by Crippen LogP contribution is -1.96. The van der Waals surface area contributed by atoms with Gasteiger partial charge in [0.1, 0.15) is 0 Å². The molecule has 2 nitrogen and oxygen atoms in total. The molecule has 0 aliphatic rings. The zero-order valence-corrected chi connectivity index (χ0v) is 14.2. The Morgan fingerprint density at radius 1 is 1.09 bits per heavy atom. The van der Waals surface area contributed by atoms with E-state index in [1.807, 2.05) is 24.3 Å². The molecule has 0 aliphatic heterocycles. The fourth-order valence-electron chi connectivity index (χ4n) is 2.22. The van der Waals surface area contributed by atoms with Crippen molar-refractivity contribution in [2.75, 3.05) is 0 Å². The van der Waals surface area contributed by atoms with E-state index in [0.29, 0.717) is 5.92 Å². The third kappa shape index (κ3) is 4.36. The molecule has 0 aliphatic carbocycles. The van der Waals surface area contributed by atoms with Crippen molar-refractivity contribution in [3.05, 3.63) is 83.4 Å². The summed E-state index contributed by atoms with van der Waals surface area (Å²) in [4.78, 5) is 11.8. The van der Waals surface area contributed by atoms with Gasteiger partial charge in [-0.2, -0.15) is 0 Å². The van der Waals surface area contributed by atoms with Crippen molar-refractivity contribution in [2.45, 2.75) is 19.8 Å². The monoisotopic (exact) mass is 324 g/mol. The second kappa shape index (κ2) is 7.34. The smallest absolute Gasteiger partial charge is 0.335 e. The third-order valence-corrected chi connectivity index (χ3v) is 4.05. The molecule has 0 heterocycles.